The lowest BCUT2D eigenvalue weighted by molar-refractivity contribution is -0.123. The number of ether oxygens (including phenoxy) is 3. The number of methoxy groups -OCH3 is 3. The molecule has 0 bridgehead atoms. The van der Waals surface area contributed by atoms with E-state index < -0.39 is 23.7 Å². The van der Waals surface area contributed by atoms with Crippen molar-refractivity contribution in [2.45, 2.75) is 25.7 Å². The predicted octanol–water partition coefficient (Wildman–Crippen LogP) is 6.83. The molecule has 1 N–H and O–H groups in total. The zero-order valence-corrected chi connectivity index (χ0v) is 30.0. The van der Waals surface area contributed by atoms with Gasteiger partial charge in [-0.2, -0.15) is 0 Å². The van der Waals surface area contributed by atoms with Crippen molar-refractivity contribution in [3.8, 4) is 23.0 Å². The average Bonchev–Trinajstić information content (AvgIpc) is 3.38. The molecule has 4 unspecified atom stereocenters. The number of nitrogens with zero attached hydrogens (tertiary/aromatic N) is 1. The molecule has 1 aliphatic heterocycles. The molecular formula is C40H34INO8. The number of phenols is 1. The molecule has 0 aromatic heterocycles. The minimum Gasteiger partial charge on any atom is -0.504 e. The molecule has 4 atom stereocenters. The average molecular weight is 784 g/mol. The number of fused-ring (bicyclic) bond motifs is 3. The monoisotopic (exact) mass is 783 g/mol. The normalized spacial score (nSPS) is 23.0. The van der Waals surface area contributed by atoms with E-state index in [0.29, 0.717) is 49.5 Å². The standard InChI is InChI=1S/C40H34INO8/c1-20-15-31(43)36-29(37(20)44)19-28-26(34(36)23-17-30(41)38(45)33(18-23)50-4)12-13-27-35(28)40(47)42(39(27)46)24-9-6-21(7-10-24)5-8-22-16-25(48-2)11-14-32(22)49-3/h5-12,14-18,27-28,34-35,45H,13,19H2,1-4H3. The molecule has 0 saturated carbocycles. The first-order valence-corrected chi connectivity index (χ1v) is 17.3. The quantitative estimate of drug-likeness (QED) is 0.0912. The molecule has 1 saturated heterocycles. The van der Waals surface area contributed by atoms with Gasteiger partial charge in [-0.3, -0.25) is 24.1 Å². The number of hydrogen-bond acceptors (Lipinski definition) is 8. The second kappa shape index (κ2) is 13.1. The maximum atomic E-state index is 14.3. The van der Waals surface area contributed by atoms with E-state index >= 15 is 0 Å². The number of Topliss-reactive ketones (excluding diaryl/α,β-unsaturated/α-hetero) is 1. The smallest absolute Gasteiger partial charge is 0.238 e. The minimum absolute atomic E-state index is 0.0216. The molecule has 3 aromatic rings. The number of aromatic hydroxyl groups is 1. The summed E-state index contributed by atoms with van der Waals surface area (Å²) >= 11 is 2.01. The molecule has 0 spiro atoms. The number of rotatable bonds is 7. The summed E-state index contributed by atoms with van der Waals surface area (Å²) in [6.45, 7) is 1.62. The van der Waals surface area contributed by atoms with Gasteiger partial charge in [-0.15, -0.1) is 0 Å². The van der Waals surface area contributed by atoms with Crippen LogP contribution in [0.1, 0.15) is 42.4 Å². The Labute approximate surface area is 303 Å². The van der Waals surface area contributed by atoms with E-state index in [4.69, 9.17) is 14.2 Å². The number of ketones is 2. The van der Waals surface area contributed by atoms with Crippen LogP contribution in [0.4, 0.5) is 5.69 Å². The van der Waals surface area contributed by atoms with Crippen molar-refractivity contribution in [3.63, 3.8) is 0 Å². The van der Waals surface area contributed by atoms with Gasteiger partial charge >= 0.3 is 0 Å². The number of anilines is 1. The lowest BCUT2D eigenvalue weighted by Crippen LogP contribution is -2.39. The molecular weight excluding hydrogens is 749 g/mol. The number of phenolic OH excluding ortho intramolecular Hbond substituents is 1. The lowest BCUT2D eigenvalue weighted by Gasteiger charge is -2.42. The molecule has 10 heteroatoms. The highest BCUT2D eigenvalue weighted by Gasteiger charge is 2.56. The first kappa shape index (κ1) is 33.5. The highest BCUT2D eigenvalue weighted by atomic mass is 127. The Morgan fingerprint density at radius 2 is 1.60 bits per heavy atom. The fourth-order valence-corrected chi connectivity index (χ4v) is 8.45. The molecule has 3 aromatic carbocycles. The molecule has 50 heavy (non-hydrogen) atoms. The van der Waals surface area contributed by atoms with Crippen molar-refractivity contribution in [3.05, 3.63) is 109 Å². The van der Waals surface area contributed by atoms with Gasteiger partial charge in [-0.05, 0) is 108 Å². The summed E-state index contributed by atoms with van der Waals surface area (Å²) in [5, 5.41) is 10.6. The maximum absolute atomic E-state index is 14.3. The Bertz CT molecular complexity index is 2110. The first-order chi connectivity index (χ1) is 24.1. The largest absolute Gasteiger partial charge is 0.504 e. The summed E-state index contributed by atoms with van der Waals surface area (Å²) in [5.41, 5.74) is 4.78. The van der Waals surface area contributed by atoms with Crippen LogP contribution in [-0.2, 0) is 19.2 Å². The molecule has 2 amide bonds. The molecule has 3 aliphatic carbocycles. The van der Waals surface area contributed by atoms with Gasteiger partial charge in [0.25, 0.3) is 0 Å². The van der Waals surface area contributed by atoms with Gasteiger partial charge < -0.3 is 19.3 Å². The lowest BCUT2D eigenvalue weighted by atomic mass is 9.59. The number of imide groups is 1. The Hall–Kier alpha value is -4.97. The van der Waals surface area contributed by atoms with Gasteiger partial charge in [0.05, 0.1) is 42.4 Å². The van der Waals surface area contributed by atoms with Crippen LogP contribution in [0.2, 0.25) is 0 Å². The summed E-state index contributed by atoms with van der Waals surface area (Å²) in [5.74, 6) is -1.87. The molecule has 254 valence electrons. The second-order valence-corrected chi connectivity index (χ2v) is 14.0. The van der Waals surface area contributed by atoms with Crippen LogP contribution in [0.3, 0.4) is 0 Å². The summed E-state index contributed by atoms with van der Waals surface area (Å²) in [6, 6.07) is 16.2. The van der Waals surface area contributed by atoms with Crippen molar-refractivity contribution in [2.24, 2.45) is 17.8 Å². The van der Waals surface area contributed by atoms with Crippen molar-refractivity contribution < 1.29 is 38.5 Å². The Balaban J connectivity index is 1.22. The number of hydrogen-bond donors (Lipinski definition) is 1. The Morgan fingerprint density at radius 3 is 2.30 bits per heavy atom. The van der Waals surface area contributed by atoms with Crippen LogP contribution >= 0.6 is 22.6 Å². The molecule has 1 fully saturated rings. The van der Waals surface area contributed by atoms with Gasteiger partial charge in [-0.1, -0.05) is 35.9 Å². The van der Waals surface area contributed by atoms with E-state index in [1.807, 2.05) is 71.2 Å². The van der Waals surface area contributed by atoms with E-state index in [1.54, 1.807) is 45.4 Å². The fourth-order valence-electron chi connectivity index (χ4n) is 7.82. The van der Waals surface area contributed by atoms with Gasteiger partial charge in [0.2, 0.25) is 11.8 Å². The predicted molar refractivity (Wildman–Crippen MR) is 196 cm³/mol. The SMILES string of the molecule is COc1ccc(OC)c(C=Cc2ccc(N3C(=O)C4CC=C5C(c6cc(I)c(O)c(OC)c6)C6=C(CC5C4C3=O)C(=O)C(C)=CC6=O)cc2)c1. The summed E-state index contributed by atoms with van der Waals surface area (Å²) in [7, 11) is 4.66. The number of amides is 2. The Kier molecular flexibility index (Phi) is 8.75. The second-order valence-electron chi connectivity index (χ2n) is 12.8. The zero-order chi connectivity index (χ0) is 35.4. The van der Waals surface area contributed by atoms with Crippen LogP contribution in [0.15, 0.2) is 89.0 Å². The van der Waals surface area contributed by atoms with Crippen LogP contribution in [-0.4, -0.2) is 49.8 Å². The van der Waals surface area contributed by atoms with Crippen LogP contribution in [0.25, 0.3) is 12.2 Å². The van der Waals surface area contributed by atoms with E-state index in [0.717, 1.165) is 16.7 Å². The summed E-state index contributed by atoms with van der Waals surface area (Å²) < 4.78 is 16.8. The van der Waals surface area contributed by atoms with Gasteiger partial charge in [0.15, 0.2) is 23.1 Å². The third kappa shape index (κ3) is 5.46. The third-order valence-electron chi connectivity index (χ3n) is 10.2. The van der Waals surface area contributed by atoms with E-state index in [-0.39, 0.29) is 41.3 Å². The summed E-state index contributed by atoms with van der Waals surface area (Å²) in [6.07, 6.45) is 7.68. The molecule has 4 aliphatic rings. The molecule has 9 nitrogen and oxygen atoms in total. The number of halogens is 1. The van der Waals surface area contributed by atoms with Crippen molar-refractivity contribution in [2.75, 3.05) is 26.2 Å². The van der Waals surface area contributed by atoms with E-state index in [1.165, 1.54) is 18.1 Å². The van der Waals surface area contributed by atoms with Crippen LogP contribution < -0.4 is 19.1 Å². The van der Waals surface area contributed by atoms with Crippen molar-refractivity contribution in [1.82, 2.24) is 0 Å². The minimum atomic E-state index is -0.702. The number of benzene rings is 3. The van der Waals surface area contributed by atoms with E-state index in [2.05, 4.69) is 0 Å². The Morgan fingerprint density at radius 1 is 0.860 bits per heavy atom. The third-order valence-corrected chi connectivity index (χ3v) is 11.0. The van der Waals surface area contributed by atoms with Crippen LogP contribution in [0, 0.1) is 21.3 Å². The maximum Gasteiger partial charge on any atom is 0.238 e. The van der Waals surface area contributed by atoms with Gasteiger partial charge in [0, 0.05) is 28.2 Å². The number of carbonyl (C=O) groups is 4. The highest BCUT2D eigenvalue weighted by Crippen LogP contribution is 2.56. The first-order valence-electron chi connectivity index (χ1n) is 16.2. The fraction of sp³-hybridized carbons (Fsp3) is 0.250. The van der Waals surface area contributed by atoms with Gasteiger partial charge in [0.1, 0.15) is 11.5 Å². The molecule has 0 radical (unpaired) electrons. The topological polar surface area (TPSA) is 119 Å². The molecule has 7 rings (SSSR count). The van der Waals surface area contributed by atoms with Crippen molar-refractivity contribution in [1.29, 1.82) is 0 Å². The zero-order valence-electron chi connectivity index (χ0n) is 27.9. The molecule has 1 heterocycles. The van der Waals surface area contributed by atoms with E-state index in [9.17, 15) is 24.3 Å². The van der Waals surface area contributed by atoms with Gasteiger partial charge in [-0.25, -0.2) is 0 Å². The summed E-state index contributed by atoms with van der Waals surface area (Å²) in [4.78, 5) is 56.8. The highest BCUT2D eigenvalue weighted by molar-refractivity contribution is 14.1. The number of carbonyl (C=O) groups excluding carboxylic acids is 4. The number of allylic oxidation sites excluding steroid dienone is 6. The van der Waals surface area contributed by atoms with Crippen LogP contribution in [0.5, 0.6) is 23.0 Å². The van der Waals surface area contributed by atoms with Crippen molar-refractivity contribution >= 4 is 63.8 Å².